The average Bonchev–Trinajstić information content (AvgIpc) is 3.27. The molecule has 130 valence electrons. The fourth-order valence-electron chi connectivity index (χ4n) is 3.14. The van der Waals surface area contributed by atoms with Gasteiger partial charge < -0.3 is 9.64 Å². The number of anilines is 1. The van der Waals surface area contributed by atoms with Crippen LogP contribution in [0.5, 0.6) is 0 Å². The molecular weight excluding hydrogens is 326 g/mol. The summed E-state index contributed by atoms with van der Waals surface area (Å²) in [7, 11) is 0. The number of rotatable bonds is 4. The Hall–Kier alpha value is -1.86. The molecule has 1 fully saturated rings. The van der Waals surface area contributed by atoms with Crippen molar-refractivity contribution in [3.63, 3.8) is 0 Å². The second kappa shape index (κ2) is 7.36. The number of thiophene rings is 1. The van der Waals surface area contributed by atoms with Crippen LogP contribution in [-0.2, 0) is 4.74 Å². The van der Waals surface area contributed by atoms with Crippen LogP contribution < -0.4 is 5.32 Å². The molecule has 0 aliphatic carbocycles. The van der Waals surface area contributed by atoms with Gasteiger partial charge in [0.2, 0.25) is 0 Å². The van der Waals surface area contributed by atoms with E-state index in [0.717, 1.165) is 38.2 Å². The molecule has 6 nitrogen and oxygen atoms in total. The number of nitrogens with one attached hydrogen (secondary N) is 1. The van der Waals surface area contributed by atoms with E-state index in [0.29, 0.717) is 22.5 Å². The van der Waals surface area contributed by atoms with E-state index < -0.39 is 0 Å². The van der Waals surface area contributed by atoms with Crippen molar-refractivity contribution in [2.24, 2.45) is 0 Å². The van der Waals surface area contributed by atoms with E-state index in [4.69, 9.17) is 4.74 Å². The maximum absolute atomic E-state index is 12.5. The minimum absolute atomic E-state index is 0.0960. The Kier molecular flexibility index (Phi) is 5.20. The normalized spacial score (nSPS) is 20.6. The van der Waals surface area contributed by atoms with Crippen molar-refractivity contribution in [3.05, 3.63) is 28.7 Å². The quantitative estimate of drug-likeness (QED) is 0.671. The summed E-state index contributed by atoms with van der Waals surface area (Å²) >= 11 is 1.27. The van der Waals surface area contributed by atoms with Gasteiger partial charge in [0.15, 0.2) is 0 Å². The van der Waals surface area contributed by atoms with Crippen LogP contribution in [0, 0.1) is 6.92 Å². The number of carbonyl (C=O) groups excluding carboxylic acids is 2. The van der Waals surface area contributed by atoms with Gasteiger partial charge in [-0.25, -0.2) is 9.59 Å². The summed E-state index contributed by atoms with van der Waals surface area (Å²) in [5.74, 6) is -0.330. The van der Waals surface area contributed by atoms with Gasteiger partial charge in [0.05, 0.1) is 11.6 Å². The summed E-state index contributed by atoms with van der Waals surface area (Å²) in [5, 5.41) is 3.60. The molecule has 0 aromatic carbocycles. The molecule has 0 saturated carbocycles. The van der Waals surface area contributed by atoms with Gasteiger partial charge in [-0.3, -0.25) is 10.2 Å². The number of hydrogen-bond acceptors (Lipinski definition) is 5. The number of aryl methyl sites for hydroxylation is 1. The van der Waals surface area contributed by atoms with Gasteiger partial charge in [-0.15, -0.1) is 11.3 Å². The van der Waals surface area contributed by atoms with E-state index in [1.807, 2.05) is 17.9 Å². The first kappa shape index (κ1) is 17.0. The molecule has 2 aliphatic heterocycles. The Bertz CT molecular complexity index is 648. The summed E-state index contributed by atoms with van der Waals surface area (Å²) in [6, 6.07) is 2.17. The van der Waals surface area contributed by atoms with E-state index in [1.54, 1.807) is 6.92 Å². The third-order valence-electron chi connectivity index (χ3n) is 4.42. The molecule has 1 atom stereocenters. The number of ether oxygens (including phenoxy) is 1. The molecule has 2 amide bonds. The van der Waals surface area contributed by atoms with E-state index in [2.05, 4.69) is 22.4 Å². The van der Waals surface area contributed by atoms with Gasteiger partial charge in [0, 0.05) is 32.2 Å². The monoisotopic (exact) mass is 349 g/mol. The first-order chi connectivity index (χ1) is 11.6. The number of esters is 1. The van der Waals surface area contributed by atoms with Gasteiger partial charge in [-0.05, 0) is 31.9 Å². The topological polar surface area (TPSA) is 61.9 Å². The van der Waals surface area contributed by atoms with Crippen LogP contribution in [0.25, 0.3) is 0 Å². The van der Waals surface area contributed by atoms with Crippen LogP contribution in [0.2, 0.25) is 0 Å². The Labute approximate surface area is 146 Å². The summed E-state index contributed by atoms with van der Waals surface area (Å²) in [6.45, 7) is 7.46. The second-order valence-electron chi connectivity index (χ2n) is 6.09. The van der Waals surface area contributed by atoms with Crippen molar-refractivity contribution in [3.8, 4) is 0 Å². The minimum atomic E-state index is -0.330. The molecule has 1 aromatic rings. The predicted octanol–water partition coefficient (Wildman–Crippen LogP) is 2.71. The summed E-state index contributed by atoms with van der Waals surface area (Å²) in [6.07, 6.45) is 5.36. The van der Waals surface area contributed by atoms with Crippen LogP contribution >= 0.6 is 11.3 Å². The molecule has 1 unspecified atom stereocenters. The SMILES string of the molecule is CCOC(=O)c1sc(NC(=O)N2CCC(N3CC=CC3)C2)cc1C. The zero-order chi connectivity index (χ0) is 17.1. The lowest BCUT2D eigenvalue weighted by Crippen LogP contribution is -2.38. The highest BCUT2D eigenvalue weighted by molar-refractivity contribution is 7.18. The maximum Gasteiger partial charge on any atom is 0.348 e. The van der Waals surface area contributed by atoms with Crippen molar-refractivity contribution in [1.29, 1.82) is 0 Å². The number of carbonyl (C=O) groups is 2. The summed E-state index contributed by atoms with van der Waals surface area (Å²) in [4.78, 5) is 29.1. The molecule has 3 heterocycles. The zero-order valence-corrected chi connectivity index (χ0v) is 14.9. The highest BCUT2D eigenvalue weighted by atomic mass is 32.1. The molecule has 3 rings (SSSR count). The molecule has 2 aliphatic rings. The first-order valence-electron chi connectivity index (χ1n) is 8.31. The van der Waals surface area contributed by atoms with Crippen LogP contribution in [0.3, 0.4) is 0 Å². The summed E-state index contributed by atoms with van der Waals surface area (Å²) in [5.41, 5.74) is 0.830. The van der Waals surface area contributed by atoms with Crippen LogP contribution in [0.4, 0.5) is 9.80 Å². The number of amides is 2. The van der Waals surface area contributed by atoms with Crippen molar-refractivity contribution >= 4 is 28.3 Å². The molecule has 1 N–H and O–H groups in total. The molecular formula is C17H23N3O3S. The molecule has 0 spiro atoms. The molecule has 7 heteroatoms. The van der Waals surface area contributed by atoms with E-state index in [9.17, 15) is 9.59 Å². The van der Waals surface area contributed by atoms with Crippen molar-refractivity contribution in [1.82, 2.24) is 9.80 Å². The van der Waals surface area contributed by atoms with Crippen molar-refractivity contribution in [2.45, 2.75) is 26.3 Å². The molecule has 24 heavy (non-hydrogen) atoms. The maximum atomic E-state index is 12.5. The standard InChI is InChI=1S/C17H23N3O3S/c1-3-23-16(21)15-12(2)10-14(24-15)18-17(22)20-9-6-13(11-20)19-7-4-5-8-19/h4-5,10,13H,3,6-9,11H2,1-2H3,(H,18,22). The predicted molar refractivity (Wildman–Crippen MR) is 94.7 cm³/mol. The van der Waals surface area contributed by atoms with E-state index in [-0.39, 0.29) is 12.0 Å². The smallest absolute Gasteiger partial charge is 0.348 e. The minimum Gasteiger partial charge on any atom is -0.462 e. The third-order valence-corrected chi connectivity index (χ3v) is 5.55. The number of likely N-dealkylation sites (tertiary alicyclic amines) is 1. The van der Waals surface area contributed by atoms with Gasteiger partial charge in [0.25, 0.3) is 0 Å². The van der Waals surface area contributed by atoms with Crippen LogP contribution in [0.1, 0.15) is 28.6 Å². The molecule has 1 aromatic heterocycles. The second-order valence-corrected chi connectivity index (χ2v) is 7.14. The molecule has 1 saturated heterocycles. The Morgan fingerprint density at radius 1 is 1.38 bits per heavy atom. The highest BCUT2D eigenvalue weighted by Crippen LogP contribution is 2.28. The Morgan fingerprint density at radius 3 is 2.83 bits per heavy atom. The van der Waals surface area contributed by atoms with Crippen LogP contribution in [-0.4, -0.2) is 60.6 Å². The Morgan fingerprint density at radius 2 is 2.12 bits per heavy atom. The van der Waals surface area contributed by atoms with Gasteiger partial charge in [-0.2, -0.15) is 0 Å². The fourth-order valence-corrected chi connectivity index (χ4v) is 4.10. The van der Waals surface area contributed by atoms with E-state index in [1.165, 1.54) is 11.3 Å². The van der Waals surface area contributed by atoms with Crippen LogP contribution in [0.15, 0.2) is 18.2 Å². The van der Waals surface area contributed by atoms with Crippen molar-refractivity contribution < 1.29 is 14.3 Å². The lowest BCUT2D eigenvalue weighted by molar-refractivity contribution is 0.0531. The summed E-state index contributed by atoms with van der Waals surface area (Å²) < 4.78 is 5.03. The third kappa shape index (κ3) is 3.62. The number of hydrogen-bond donors (Lipinski definition) is 1. The number of urea groups is 1. The van der Waals surface area contributed by atoms with Gasteiger partial charge in [0.1, 0.15) is 4.88 Å². The highest BCUT2D eigenvalue weighted by Gasteiger charge is 2.30. The van der Waals surface area contributed by atoms with Gasteiger partial charge >= 0.3 is 12.0 Å². The Balaban J connectivity index is 1.57. The zero-order valence-electron chi connectivity index (χ0n) is 14.1. The number of nitrogens with zero attached hydrogens (tertiary/aromatic N) is 2. The largest absolute Gasteiger partial charge is 0.462 e. The van der Waals surface area contributed by atoms with Crippen molar-refractivity contribution in [2.75, 3.05) is 38.1 Å². The van der Waals surface area contributed by atoms with E-state index >= 15 is 0 Å². The average molecular weight is 349 g/mol. The fraction of sp³-hybridized carbons (Fsp3) is 0.529. The lowest BCUT2D eigenvalue weighted by Gasteiger charge is -2.23. The lowest BCUT2D eigenvalue weighted by atomic mass is 10.2. The molecule has 0 radical (unpaired) electrons. The molecule has 0 bridgehead atoms. The van der Waals surface area contributed by atoms with Gasteiger partial charge in [-0.1, -0.05) is 12.2 Å². The first-order valence-corrected chi connectivity index (χ1v) is 9.12.